The SMILES string of the molecule is C[C@H](N)c1cnc2ccnn2c1. The van der Waals surface area contributed by atoms with Crippen LogP contribution in [-0.4, -0.2) is 14.6 Å². The lowest BCUT2D eigenvalue weighted by atomic mass is 10.2. The average Bonchev–Trinajstić information content (AvgIpc) is 2.49. The van der Waals surface area contributed by atoms with Gasteiger partial charge in [-0.3, -0.25) is 0 Å². The van der Waals surface area contributed by atoms with Crippen molar-refractivity contribution in [2.75, 3.05) is 0 Å². The van der Waals surface area contributed by atoms with E-state index in [9.17, 15) is 0 Å². The van der Waals surface area contributed by atoms with Crippen LogP contribution in [0.25, 0.3) is 5.65 Å². The van der Waals surface area contributed by atoms with E-state index in [1.807, 2.05) is 19.2 Å². The summed E-state index contributed by atoms with van der Waals surface area (Å²) in [5, 5.41) is 4.06. The van der Waals surface area contributed by atoms with Gasteiger partial charge < -0.3 is 5.73 Å². The van der Waals surface area contributed by atoms with Crippen LogP contribution in [0.4, 0.5) is 0 Å². The fourth-order valence-corrected chi connectivity index (χ4v) is 1.06. The first kappa shape index (κ1) is 7.24. The second kappa shape index (κ2) is 2.57. The first-order valence-corrected chi connectivity index (χ1v) is 3.82. The van der Waals surface area contributed by atoms with Gasteiger partial charge in [0.15, 0.2) is 5.65 Å². The van der Waals surface area contributed by atoms with Gasteiger partial charge >= 0.3 is 0 Å². The lowest BCUT2D eigenvalue weighted by Crippen LogP contribution is -2.07. The summed E-state index contributed by atoms with van der Waals surface area (Å²) in [6.45, 7) is 1.92. The first-order chi connectivity index (χ1) is 5.77. The van der Waals surface area contributed by atoms with Crippen LogP contribution in [0.5, 0.6) is 0 Å². The van der Waals surface area contributed by atoms with Gasteiger partial charge in [-0.1, -0.05) is 0 Å². The number of rotatable bonds is 1. The molecule has 0 radical (unpaired) electrons. The molecule has 0 amide bonds. The fourth-order valence-electron chi connectivity index (χ4n) is 1.06. The molecule has 2 heterocycles. The van der Waals surface area contributed by atoms with Crippen molar-refractivity contribution < 1.29 is 0 Å². The maximum Gasteiger partial charge on any atom is 0.154 e. The van der Waals surface area contributed by atoms with Crippen LogP contribution in [0.3, 0.4) is 0 Å². The molecule has 0 bridgehead atoms. The van der Waals surface area contributed by atoms with Crippen LogP contribution in [0.1, 0.15) is 18.5 Å². The number of hydrogen-bond donors (Lipinski definition) is 1. The Morgan fingerprint density at radius 2 is 2.42 bits per heavy atom. The minimum Gasteiger partial charge on any atom is -0.324 e. The molecular formula is C8H10N4. The molecule has 0 unspecified atom stereocenters. The maximum absolute atomic E-state index is 5.69. The van der Waals surface area contributed by atoms with E-state index in [1.54, 1.807) is 16.9 Å². The summed E-state index contributed by atoms with van der Waals surface area (Å²) >= 11 is 0. The van der Waals surface area contributed by atoms with Gasteiger partial charge in [0.2, 0.25) is 0 Å². The quantitative estimate of drug-likeness (QED) is 0.673. The number of hydrogen-bond acceptors (Lipinski definition) is 3. The Hall–Kier alpha value is -1.42. The molecule has 62 valence electrons. The van der Waals surface area contributed by atoms with E-state index >= 15 is 0 Å². The average molecular weight is 162 g/mol. The van der Waals surface area contributed by atoms with Crippen LogP contribution in [0, 0.1) is 0 Å². The molecule has 0 spiro atoms. The topological polar surface area (TPSA) is 56.2 Å². The summed E-state index contributed by atoms with van der Waals surface area (Å²) < 4.78 is 1.72. The fraction of sp³-hybridized carbons (Fsp3) is 0.250. The van der Waals surface area contributed by atoms with Gasteiger partial charge in [0, 0.05) is 30.1 Å². The van der Waals surface area contributed by atoms with Gasteiger partial charge in [0.25, 0.3) is 0 Å². The first-order valence-electron chi connectivity index (χ1n) is 3.82. The standard InChI is InChI=1S/C8H10N4/c1-6(9)7-4-10-8-2-3-11-12(8)5-7/h2-6H,9H2,1H3/t6-/m0/s1. The summed E-state index contributed by atoms with van der Waals surface area (Å²) in [6, 6.07) is 1.86. The third kappa shape index (κ3) is 1.06. The Morgan fingerprint density at radius 3 is 3.17 bits per heavy atom. The van der Waals surface area contributed by atoms with Crippen LogP contribution in [0.15, 0.2) is 24.7 Å². The molecule has 0 aliphatic heterocycles. The molecule has 1 atom stereocenters. The molecule has 2 aromatic heterocycles. The van der Waals surface area contributed by atoms with Crippen LogP contribution in [-0.2, 0) is 0 Å². The molecule has 2 aromatic rings. The summed E-state index contributed by atoms with van der Waals surface area (Å²) in [5.74, 6) is 0. The van der Waals surface area contributed by atoms with Gasteiger partial charge in [-0.2, -0.15) is 5.10 Å². The predicted octanol–water partition coefficient (Wildman–Crippen LogP) is 0.749. The Balaban J connectivity index is 2.60. The molecular weight excluding hydrogens is 152 g/mol. The molecule has 0 aromatic carbocycles. The maximum atomic E-state index is 5.69. The summed E-state index contributed by atoms with van der Waals surface area (Å²) in [6.07, 6.45) is 5.39. The van der Waals surface area contributed by atoms with Crippen molar-refractivity contribution in [3.63, 3.8) is 0 Å². The van der Waals surface area contributed by atoms with E-state index in [0.717, 1.165) is 11.2 Å². The minimum absolute atomic E-state index is 0.00565. The summed E-state index contributed by atoms with van der Waals surface area (Å²) in [7, 11) is 0. The lowest BCUT2D eigenvalue weighted by Gasteiger charge is -2.03. The van der Waals surface area contributed by atoms with Gasteiger partial charge in [0.05, 0.1) is 6.20 Å². The molecule has 4 heteroatoms. The van der Waals surface area contributed by atoms with Crippen LogP contribution in [0.2, 0.25) is 0 Å². The summed E-state index contributed by atoms with van der Waals surface area (Å²) in [4.78, 5) is 4.18. The normalized spacial score (nSPS) is 13.5. The van der Waals surface area contributed by atoms with Crippen molar-refractivity contribution in [2.45, 2.75) is 13.0 Å². The van der Waals surface area contributed by atoms with Crippen molar-refractivity contribution in [1.29, 1.82) is 0 Å². The van der Waals surface area contributed by atoms with Crippen molar-refractivity contribution in [1.82, 2.24) is 14.6 Å². The zero-order chi connectivity index (χ0) is 8.55. The van der Waals surface area contributed by atoms with E-state index in [1.165, 1.54) is 0 Å². The second-order valence-corrected chi connectivity index (χ2v) is 2.81. The van der Waals surface area contributed by atoms with Crippen molar-refractivity contribution in [2.24, 2.45) is 5.73 Å². The van der Waals surface area contributed by atoms with Gasteiger partial charge in [-0.15, -0.1) is 0 Å². The number of nitrogens with two attached hydrogens (primary N) is 1. The summed E-state index contributed by atoms with van der Waals surface area (Å²) in [5.41, 5.74) is 7.53. The van der Waals surface area contributed by atoms with Gasteiger partial charge in [-0.05, 0) is 6.92 Å². The molecule has 0 fully saturated rings. The van der Waals surface area contributed by atoms with E-state index in [-0.39, 0.29) is 6.04 Å². The molecule has 0 aliphatic rings. The van der Waals surface area contributed by atoms with E-state index in [4.69, 9.17) is 5.73 Å². The predicted molar refractivity (Wildman–Crippen MR) is 45.6 cm³/mol. The van der Waals surface area contributed by atoms with E-state index in [0.29, 0.717) is 0 Å². The van der Waals surface area contributed by atoms with Crippen molar-refractivity contribution in [3.05, 3.63) is 30.2 Å². The molecule has 4 nitrogen and oxygen atoms in total. The Bertz CT molecular complexity index is 391. The van der Waals surface area contributed by atoms with Crippen molar-refractivity contribution >= 4 is 5.65 Å². The van der Waals surface area contributed by atoms with Gasteiger partial charge in [-0.25, -0.2) is 9.50 Å². The van der Waals surface area contributed by atoms with Crippen molar-refractivity contribution in [3.8, 4) is 0 Å². The lowest BCUT2D eigenvalue weighted by molar-refractivity contribution is 0.786. The molecule has 0 saturated heterocycles. The third-order valence-electron chi connectivity index (χ3n) is 1.79. The molecule has 2 N–H and O–H groups in total. The molecule has 2 rings (SSSR count). The number of fused-ring (bicyclic) bond motifs is 1. The van der Waals surface area contributed by atoms with Gasteiger partial charge in [0.1, 0.15) is 0 Å². The molecule has 0 aliphatic carbocycles. The highest BCUT2D eigenvalue weighted by Gasteiger charge is 2.01. The Kier molecular flexibility index (Phi) is 1.55. The highest BCUT2D eigenvalue weighted by Crippen LogP contribution is 2.07. The largest absolute Gasteiger partial charge is 0.324 e. The minimum atomic E-state index is 0.00565. The van der Waals surface area contributed by atoms with Crippen LogP contribution < -0.4 is 5.73 Å². The van der Waals surface area contributed by atoms with E-state index < -0.39 is 0 Å². The van der Waals surface area contributed by atoms with E-state index in [2.05, 4.69) is 10.1 Å². The highest BCUT2D eigenvalue weighted by atomic mass is 15.2. The second-order valence-electron chi connectivity index (χ2n) is 2.81. The number of aromatic nitrogens is 3. The molecule has 12 heavy (non-hydrogen) atoms. The highest BCUT2D eigenvalue weighted by molar-refractivity contribution is 5.36. The Labute approximate surface area is 70.0 Å². The zero-order valence-corrected chi connectivity index (χ0v) is 6.81. The smallest absolute Gasteiger partial charge is 0.154 e. The molecule has 0 saturated carbocycles. The third-order valence-corrected chi connectivity index (χ3v) is 1.79. The monoisotopic (exact) mass is 162 g/mol. The zero-order valence-electron chi connectivity index (χ0n) is 6.81. The Morgan fingerprint density at radius 1 is 1.58 bits per heavy atom. The van der Waals surface area contributed by atoms with Crippen LogP contribution >= 0.6 is 0 Å². The number of nitrogens with zero attached hydrogens (tertiary/aromatic N) is 3.